The summed E-state index contributed by atoms with van der Waals surface area (Å²) in [7, 11) is 0. The van der Waals surface area contributed by atoms with Gasteiger partial charge in [-0.3, -0.25) is 4.79 Å². The summed E-state index contributed by atoms with van der Waals surface area (Å²) < 4.78 is 22.6. The van der Waals surface area contributed by atoms with E-state index in [1.165, 1.54) is 11.8 Å². The van der Waals surface area contributed by atoms with E-state index in [1.54, 1.807) is 0 Å². The van der Waals surface area contributed by atoms with Crippen molar-refractivity contribution in [3.8, 4) is 11.5 Å². The minimum atomic E-state index is -0.481. The molecule has 0 unspecified atom stereocenters. The minimum Gasteiger partial charge on any atom is -0.485 e. The van der Waals surface area contributed by atoms with Crippen LogP contribution in [0.1, 0.15) is 12.0 Å². The quantitative estimate of drug-likeness (QED) is 0.563. The third kappa shape index (κ3) is 4.81. The zero-order chi connectivity index (χ0) is 21.8. The molecular formula is C22H22N4O5S. The number of carbonyl (C=O) groups excluding carboxylic acids is 1. The first-order valence-corrected chi connectivity index (χ1v) is 11.3. The number of ether oxygens (including phenoxy) is 3. The largest absolute Gasteiger partial charge is 0.485 e. The molecule has 2 aliphatic rings. The minimum absolute atomic E-state index is 0.151. The summed E-state index contributed by atoms with van der Waals surface area (Å²) >= 11 is 1.17. The Bertz CT molecular complexity index is 1070. The van der Waals surface area contributed by atoms with E-state index in [1.807, 2.05) is 48.5 Å². The molecule has 1 fully saturated rings. The van der Waals surface area contributed by atoms with E-state index in [0.29, 0.717) is 22.6 Å². The van der Waals surface area contributed by atoms with Crippen molar-refractivity contribution in [1.29, 1.82) is 0 Å². The molecule has 1 N–H and O–H groups in total. The average Bonchev–Trinajstić information content (AvgIpc) is 3.33. The number of thioether (sulfide) groups is 1. The van der Waals surface area contributed by atoms with Crippen LogP contribution in [0.25, 0.3) is 0 Å². The van der Waals surface area contributed by atoms with Crippen LogP contribution in [0.5, 0.6) is 11.5 Å². The predicted octanol–water partition coefficient (Wildman–Crippen LogP) is 3.15. The van der Waals surface area contributed by atoms with E-state index < -0.39 is 6.10 Å². The number of para-hydroxylation sites is 2. The second kappa shape index (κ2) is 9.49. The molecule has 1 aromatic heterocycles. The van der Waals surface area contributed by atoms with E-state index >= 15 is 0 Å². The van der Waals surface area contributed by atoms with Gasteiger partial charge in [-0.15, -0.1) is 10.2 Å². The Labute approximate surface area is 189 Å². The van der Waals surface area contributed by atoms with Crippen molar-refractivity contribution in [3.05, 3.63) is 54.4 Å². The average molecular weight is 455 g/mol. The molecule has 1 amide bonds. The van der Waals surface area contributed by atoms with Gasteiger partial charge < -0.3 is 28.8 Å². The summed E-state index contributed by atoms with van der Waals surface area (Å²) in [5.74, 6) is 1.64. The molecular weight excluding hydrogens is 432 g/mol. The van der Waals surface area contributed by atoms with E-state index in [9.17, 15) is 4.79 Å². The Morgan fingerprint density at radius 1 is 1.06 bits per heavy atom. The third-order valence-corrected chi connectivity index (χ3v) is 5.88. The van der Waals surface area contributed by atoms with Gasteiger partial charge >= 0.3 is 0 Å². The number of morpholine rings is 1. The van der Waals surface area contributed by atoms with Crippen molar-refractivity contribution in [3.63, 3.8) is 0 Å². The highest BCUT2D eigenvalue weighted by atomic mass is 32.2. The molecule has 3 heterocycles. The summed E-state index contributed by atoms with van der Waals surface area (Å²) in [5.41, 5.74) is 1.86. The zero-order valence-corrected chi connectivity index (χ0v) is 18.0. The SMILES string of the molecule is O=C(CSc1nnc([C@H]2COc3ccccc3O2)o1)Nc1ccc(N2CCOCC2)cc1. The predicted molar refractivity (Wildman–Crippen MR) is 118 cm³/mol. The van der Waals surface area contributed by atoms with Crippen molar-refractivity contribution in [1.82, 2.24) is 10.2 Å². The van der Waals surface area contributed by atoms with E-state index in [0.717, 1.165) is 37.7 Å². The highest BCUT2D eigenvalue weighted by Crippen LogP contribution is 2.36. The Kier molecular flexibility index (Phi) is 6.13. The molecule has 2 aliphatic heterocycles. The molecule has 9 nitrogen and oxygen atoms in total. The summed E-state index contributed by atoms with van der Waals surface area (Å²) in [6, 6.07) is 15.2. The second-order valence-corrected chi connectivity index (χ2v) is 8.18. The molecule has 0 radical (unpaired) electrons. The fraction of sp³-hybridized carbons (Fsp3) is 0.318. The van der Waals surface area contributed by atoms with Gasteiger partial charge in [0, 0.05) is 24.5 Å². The highest BCUT2D eigenvalue weighted by Gasteiger charge is 2.27. The molecule has 2 aromatic carbocycles. The molecule has 32 heavy (non-hydrogen) atoms. The van der Waals surface area contributed by atoms with Crippen LogP contribution in [0.2, 0.25) is 0 Å². The third-order valence-electron chi connectivity index (χ3n) is 5.06. The van der Waals surface area contributed by atoms with Crippen LogP contribution in [0.3, 0.4) is 0 Å². The molecule has 0 spiro atoms. The fourth-order valence-corrected chi connectivity index (χ4v) is 4.02. The Morgan fingerprint density at radius 2 is 1.84 bits per heavy atom. The van der Waals surface area contributed by atoms with Gasteiger partial charge in [0.15, 0.2) is 11.5 Å². The van der Waals surface area contributed by atoms with Gasteiger partial charge in [0.2, 0.25) is 12.0 Å². The summed E-state index contributed by atoms with van der Waals surface area (Å²) in [6.07, 6.45) is -0.481. The second-order valence-electron chi connectivity index (χ2n) is 7.25. The van der Waals surface area contributed by atoms with Crippen LogP contribution in [0, 0.1) is 0 Å². The van der Waals surface area contributed by atoms with Gasteiger partial charge in [-0.05, 0) is 36.4 Å². The molecule has 0 aliphatic carbocycles. The van der Waals surface area contributed by atoms with Gasteiger partial charge in [0.05, 0.1) is 19.0 Å². The number of carbonyl (C=O) groups is 1. The number of hydrogen-bond donors (Lipinski definition) is 1. The number of anilines is 2. The van der Waals surface area contributed by atoms with Gasteiger partial charge in [-0.2, -0.15) is 0 Å². The molecule has 0 bridgehead atoms. The Morgan fingerprint density at radius 3 is 2.66 bits per heavy atom. The molecule has 0 saturated carbocycles. The summed E-state index contributed by atoms with van der Waals surface area (Å²) in [4.78, 5) is 14.6. The van der Waals surface area contributed by atoms with E-state index in [4.69, 9.17) is 18.6 Å². The first kappa shape index (κ1) is 20.7. The normalized spacial score (nSPS) is 17.8. The van der Waals surface area contributed by atoms with Crippen LogP contribution < -0.4 is 19.7 Å². The van der Waals surface area contributed by atoms with Crippen LogP contribution >= 0.6 is 11.8 Å². The maximum absolute atomic E-state index is 12.3. The maximum atomic E-state index is 12.3. The van der Waals surface area contributed by atoms with Crippen LogP contribution in [0.4, 0.5) is 11.4 Å². The van der Waals surface area contributed by atoms with E-state index in [2.05, 4.69) is 20.4 Å². The molecule has 1 saturated heterocycles. The van der Waals surface area contributed by atoms with Gasteiger partial charge in [-0.25, -0.2) is 0 Å². The zero-order valence-electron chi connectivity index (χ0n) is 17.2. The van der Waals surface area contributed by atoms with Crippen molar-refractivity contribution >= 4 is 29.0 Å². The van der Waals surface area contributed by atoms with Gasteiger partial charge in [0.1, 0.15) is 6.61 Å². The standard InChI is InChI=1S/C22H22N4O5S/c27-20(23-15-5-7-16(8-6-15)26-9-11-28-12-10-26)14-32-22-25-24-21(31-22)19-13-29-17-3-1-2-4-18(17)30-19/h1-8,19H,9-14H2,(H,23,27)/t19-/m1/s1. The fourth-order valence-electron chi connectivity index (χ4n) is 3.45. The van der Waals surface area contributed by atoms with Crippen molar-refractivity contribution in [2.45, 2.75) is 11.3 Å². The smallest absolute Gasteiger partial charge is 0.277 e. The lowest BCUT2D eigenvalue weighted by Gasteiger charge is -2.28. The lowest BCUT2D eigenvalue weighted by Crippen LogP contribution is -2.36. The van der Waals surface area contributed by atoms with Crippen molar-refractivity contribution < 1.29 is 23.4 Å². The van der Waals surface area contributed by atoms with Crippen LogP contribution in [0.15, 0.2) is 58.2 Å². The first-order chi connectivity index (χ1) is 15.7. The lowest BCUT2D eigenvalue weighted by atomic mass is 10.2. The number of amides is 1. The monoisotopic (exact) mass is 454 g/mol. The molecule has 3 aromatic rings. The topological polar surface area (TPSA) is 99.0 Å². The number of nitrogens with one attached hydrogen (secondary N) is 1. The Balaban J connectivity index is 1.11. The first-order valence-electron chi connectivity index (χ1n) is 10.3. The number of rotatable bonds is 6. The molecule has 10 heteroatoms. The van der Waals surface area contributed by atoms with Crippen LogP contribution in [-0.4, -0.2) is 54.8 Å². The van der Waals surface area contributed by atoms with E-state index in [-0.39, 0.29) is 18.3 Å². The van der Waals surface area contributed by atoms with Crippen molar-refractivity contribution in [2.24, 2.45) is 0 Å². The number of nitrogens with zero attached hydrogens (tertiary/aromatic N) is 3. The summed E-state index contributed by atoms with van der Waals surface area (Å²) in [6.45, 7) is 3.50. The molecule has 166 valence electrons. The number of fused-ring (bicyclic) bond motifs is 1. The molecule has 1 atom stereocenters. The lowest BCUT2D eigenvalue weighted by molar-refractivity contribution is -0.113. The van der Waals surface area contributed by atoms with Gasteiger partial charge in [0.25, 0.3) is 11.1 Å². The molecule has 5 rings (SSSR count). The summed E-state index contributed by atoms with van der Waals surface area (Å²) in [5, 5.41) is 11.2. The maximum Gasteiger partial charge on any atom is 0.277 e. The van der Waals surface area contributed by atoms with Crippen molar-refractivity contribution in [2.75, 3.05) is 48.9 Å². The number of hydrogen-bond acceptors (Lipinski definition) is 9. The highest BCUT2D eigenvalue weighted by molar-refractivity contribution is 7.99. The number of aromatic nitrogens is 2. The Hall–Kier alpha value is -3.24. The van der Waals surface area contributed by atoms with Crippen LogP contribution in [-0.2, 0) is 9.53 Å². The number of benzene rings is 2. The van der Waals surface area contributed by atoms with Gasteiger partial charge in [-0.1, -0.05) is 23.9 Å².